The molecule has 2 aromatic heterocycles. The van der Waals surface area contributed by atoms with Gasteiger partial charge in [0, 0.05) is 17.9 Å². The third-order valence-corrected chi connectivity index (χ3v) is 2.83. The van der Waals surface area contributed by atoms with Gasteiger partial charge in [-0.25, -0.2) is 0 Å². The molecule has 2 heterocycles. The number of aromatic nitrogens is 3. The van der Waals surface area contributed by atoms with Crippen molar-refractivity contribution in [1.82, 2.24) is 15.4 Å². The SMILES string of the molecule is Cc1noc(C)c1C(C)Nc1nnc(CCCl)o1. The molecule has 0 spiro atoms. The van der Waals surface area contributed by atoms with Gasteiger partial charge in [0.15, 0.2) is 0 Å². The van der Waals surface area contributed by atoms with Crippen molar-refractivity contribution in [2.75, 3.05) is 11.2 Å². The van der Waals surface area contributed by atoms with Crippen LogP contribution in [0.2, 0.25) is 0 Å². The number of rotatable bonds is 5. The van der Waals surface area contributed by atoms with Gasteiger partial charge in [0.2, 0.25) is 5.89 Å². The summed E-state index contributed by atoms with van der Waals surface area (Å²) < 4.78 is 10.5. The summed E-state index contributed by atoms with van der Waals surface area (Å²) in [5.74, 6) is 1.77. The summed E-state index contributed by atoms with van der Waals surface area (Å²) in [7, 11) is 0. The lowest BCUT2D eigenvalue weighted by Gasteiger charge is -2.10. The lowest BCUT2D eigenvalue weighted by Crippen LogP contribution is -2.08. The predicted molar refractivity (Wildman–Crippen MR) is 66.7 cm³/mol. The summed E-state index contributed by atoms with van der Waals surface area (Å²) in [6.45, 7) is 5.76. The van der Waals surface area contributed by atoms with Gasteiger partial charge in [0.1, 0.15) is 5.76 Å². The molecule has 0 aliphatic heterocycles. The molecule has 0 bridgehead atoms. The molecule has 98 valence electrons. The van der Waals surface area contributed by atoms with E-state index in [-0.39, 0.29) is 6.04 Å². The molecule has 1 atom stereocenters. The van der Waals surface area contributed by atoms with Crippen molar-refractivity contribution in [2.24, 2.45) is 0 Å². The molecule has 0 fully saturated rings. The van der Waals surface area contributed by atoms with Crippen LogP contribution in [0.5, 0.6) is 0 Å². The molecule has 18 heavy (non-hydrogen) atoms. The number of nitrogens with zero attached hydrogens (tertiary/aromatic N) is 3. The zero-order chi connectivity index (χ0) is 13.1. The van der Waals surface area contributed by atoms with Crippen molar-refractivity contribution in [3.05, 3.63) is 22.9 Å². The molecule has 0 saturated carbocycles. The van der Waals surface area contributed by atoms with E-state index >= 15 is 0 Å². The standard InChI is InChI=1S/C11H15ClN4O2/c1-6(10-7(2)16-18-8(10)3)13-11-15-14-9(17-11)4-5-12/h6H,4-5H2,1-3H3,(H,13,15). The summed E-state index contributed by atoms with van der Waals surface area (Å²) in [4.78, 5) is 0. The first-order valence-corrected chi connectivity index (χ1v) is 6.23. The second kappa shape index (κ2) is 5.39. The highest BCUT2D eigenvalue weighted by molar-refractivity contribution is 6.17. The minimum atomic E-state index is -0.0134. The van der Waals surface area contributed by atoms with Crippen LogP contribution in [0, 0.1) is 13.8 Å². The van der Waals surface area contributed by atoms with E-state index in [0.29, 0.717) is 24.2 Å². The topological polar surface area (TPSA) is 77.0 Å². The summed E-state index contributed by atoms with van der Waals surface area (Å²) in [5.41, 5.74) is 1.86. The Kier molecular flexibility index (Phi) is 3.86. The Bertz CT molecular complexity index is 503. The fourth-order valence-corrected chi connectivity index (χ4v) is 2.02. The molecule has 0 aliphatic rings. The third kappa shape index (κ3) is 2.64. The fraction of sp³-hybridized carbons (Fsp3) is 0.545. The largest absolute Gasteiger partial charge is 0.408 e. The van der Waals surface area contributed by atoms with E-state index in [2.05, 4.69) is 20.7 Å². The summed E-state index contributed by atoms with van der Waals surface area (Å²) in [5, 5.41) is 14.8. The molecule has 6 nitrogen and oxygen atoms in total. The van der Waals surface area contributed by atoms with Crippen LogP contribution in [-0.2, 0) is 6.42 Å². The summed E-state index contributed by atoms with van der Waals surface area (Å²) >= 11 is 5.60. The van der Waals surface area contributed by atoms with Crippen LogP contribution < -0.4 is 5.32 Å². The Morgan fingerprint density at radius 3 is 2.72 bits per heavy atom. The number of aryl methyl sites for hydroxylation is 3. The van der Waals surface area contributed by atoms with E-state index in [1.165, 1.54) is 0 Å². The maximum atomic E-state index is 5.60. The maximum absolute atomic E-state index is 5.60. The molecule has 0 aromatic carbocycles. The zero-order valence-electron chi connectivity index (χ0n) is 10.5. The molecule has 0 saturated heterocycles. The number of alkyl halides is 1. The van der Waals surface area contributed by atoms with E-state index in [9.17, 15) is 0 Å². The normalized spacial score (nSPS) is 12.7. The van der Waals surface area contributed by atoms with Crippen molar-refractivity contribution < 1.29 is 8.94 Å². The van der Waals surface area contributed by atoms with Gasteiger partial charge in [-0.2, -0.15) is 0 Å². The van der Waals surface area contributed by atoms with Crippen LogP contribution >= 0.6 is 11.6 Å². The van der Waals surface area contributed by atoms with Crippen molar-refractivity contribution >= 4 is 17.6 Å². The highest BCUT2D eigenvalue weighted by Gasteiger charge is 2.18. The molecule has 1 N–H and O–H groups in total. The van der Waals surface area contributed by atoms with Crippen LogP contribution in [0.15, 0.2) is 8.94 Å². The van der Waals surface area contributed by atoms with Gasteiger partial charge in [-0.3, -0.25) is 0 Å². The Morgan fingerprint density at radius 1 is 1.33 bits per heavy atom. The monoisotopic (exact) mass is 270 g/mol. The first-order valence-electron chi connectivity index (χ1n) is 5.69. The van der Waals surface area contributed by atoms with Crippen molar-refractivity contribution in [3.63, 3.8) is 0 Å². The van der Waals surface area contributed by atoms with Gasteiger partial charge in [-0.05, 0) is 20.8 Å². The number of anilines is 1. The molecule has 2 rings (SSSR count). The van der Waals surface area contributed by atoms with E-state index in [4.69, 9.17) is 20.5 Å². The van der Waals surface area contributed by atoms with Crippen molar-refractivity contribution in [2.45, 2.75) is 33.2 Å². The van der Waals surface area contributed by atoms with Gasteiger partial charge in [0.25, 0.3) is 0 Å². The summed E-state index contributed by atoms with van der Waals surface area (Å²) in [6.07, 6.45) is 0.565. The average molecular weight is 271 g/mol. The Labute approximate surface area is 110 Å². The number of hydrogen-bond donors (Lipinski definition) is 1. The van der Waals surface area contributed by atoms with Gasteiger partial charge in [0.05, 0.1) is 11.7 Å². The minimum Gasteiger partial charge on any atom is -0.408 e. The summed E-state index contributed by atoms with van der Waals surface area (Å²) in [6, 6.07) is 0.364. The molecular weight excluding hydrogens is 256 g/mol. The molecule has 0 amide bonds. The van der Waals surface area contributed by atoms with Crippen LogP contribution in [0.1, 0.15) is 35.9 Å². The molecular formula is C11H15ClN4O2. The number of halogens is 1. The minimum absolute atomic E-state index is 0.0134. The Balaban J connectivity index is 2.08. The van der Waals surface area contributed by atoms with Crippen LogP contribution in [0.4, 0.5) is 6.01 Å². The first kappa shape index (κ1) is 12.9. The Hall–Kier alpha value is -1.56. The van der Waals surface area contributed by atoms with Gasteiger partial charge in [-0.1, -0.05) is 10.3 Å². The third-order valence-electron chi connectivity index (χ3n) is 2.64. The molecule has 2 aromatic rings. The second-order valence-electron chi connectivity index (χ2n) is 4.04. The van der Waals surface area contributed by atoms with Gasteiger partial charge < -0.3 is 14.3 Å². The molecule has 7 heteroatoms. The predicted octanol–water partition coefficient (Wildman–Crippen LogP) is 2.63. The average Bonchev–Trinajstić information content (AvgIpc) is 2.87. The smallest absolute Gasteiger partial charge is 0.315 e. The van der Waals surface area contributed by atoms with Crippen LogP contribution in [0.3, 0.4) is 0 Å². The fourth-order valence-electron chi connectivity index (χ4n) is 1.86. The van der Waals surface area contributed by atoms with Crippen LogP contribution in [-0.4, -0.2) is 21.2 Å². The highest BCUT2D eigenvalue weighted by atomic mass is 35.5. The van der Waals surface area contributed by atoms with E-state index < -0.39 is 0 Å². The van der Waals surface area contributed by atoms with E-state index in [0.717, 1.165) is 17.0 Å². The Morgan fingerprint density at radius 2 is 2.11 bits per heavy atom. The first-order chi connectivity index (χ1) is 8.61. The molecule has 0 aliphatic carbocycles. The highest BCUT2D eigenvalue weighted by Crippen LogP contribution is 2.24. The van der Waals surface area contributed by atoms with Gasteiger partial charge in [-0.15, -0.1) is 16.7 Å². The van der Waals surface area contributed by atoms with E-state index in [1.807, 2.05) is 20.8 Å². The molecule has 1 unspecified atom stereocenters. The zero-order valence-corrected chi connectivity index (χ0v) is 11.3. The quantitative estimate of drug-likeness (QED) is 0.842. The second-order valence-corrected chi connectivity index (χ2v) is 4.42. The number of hydrogen-bond acceptors (Lipinski definition) is 6. The molecule has 0 radical (unpaired) electrons. The van der Waals surface area contributed by atoms with Crippen molar-refractivity contribution in [1.29, 1.82) is 0 Å². The van der Waals surface area contributed by atoms with E-state index in [1.54, 1.807) is 0 Å². The van der Waals surface area contributed by atoms with Crippen LogP contribution in [0.25, 0.3) is 0 Å². The van der Waals surface area contributed by atoms with Gasteiger partial charge >= 0.3 is 6.01 Å². The maximum Gasteiger partial charge on any atom is 0.315 e. The number of nitrogens with one attached hydrogen (secondary N) is 1. The van der Waals surface area contributed by atoms with Crippen molar-refractivity contribution in [3.8, 4) is 0 Å². The lowest BCUT2D eigenvalue weighted by molar-refractivity contribution is 0.391. The lowest BCUT2D eigenvalue weighted by atomic mass is 10.1.